The van der Waals surface area contributed by atoms with E-state index in [4.69, 9.17) is 14.5 Å². The van der Waals surface area contributed by atoms with Crippen LogP contribution in [-0.2, 0) is 22.4 Å². The molecular formula is C23H24N2O4S. The van der Waals surface area contributed by atoms with Gasteiger partial charge in [-0.2, -0.15) is 0 Å². The molecule has 2 aromatic heterocycles. The topological polar surface area (TPSA) is 81.5 Å². The molecule has 3 aromatic rings. The van der Waals surface area contributed by atoms with Crippen LogP contribution in [0.1, 0.15) is 29.1 Å². The van der Waals surface area contributed by atoms with Crippen molar-refractivity contribution in [2.75, 3.05) is 13.2 Å². The predicted octanol–water partition coefficient (Wildman–Crippen LogP) is 4.31. The molecule has 1 unspecified atom stereocenters. The molecule has 1 saturated heterocycles. The highest BCUT2D eigenvalue weighted by atomic mass is 32.1. The van der Waals surface area contributed by atoms with E-state index in [2.05, 4.69) is 24.0 Å². The van der Waals surface area contributed by atoms with E-state index in [9.17, 15) is 9.90 Å². The highest BCUT2D eigenvalue weighted by Gasteiger charge is 2.43. The first-order valence-corrected chi connectivity index (χ1v) is 10.8. The molecule has 156 valence electrons. The lowest BCUT2D eigenvalue weighted by atomic mass is 9.94. The lowest BCUT2D eigenvalue weighted by Gasteiger charge is -2.22. The average molecular weight is 425 g/mol. The number of hydrogen-bond donors (Lipinski definition) is 1. The summed E-state index contributed by atoms with van der Waals surface area (Å²) in [4.78, 5) is 21.9. The number of rotatable bonds is 8. The number of carboxylic acids is 1. The van der Waals surface area contributed by atoms with Crippen LogP contribution in [0.2, 0.25) is 0 Å². The van der Waals surface area contributed by atoms with Gasteiger partial charge in [0.2, 0.25) is 0 Å². The van der Waals surface area contributed by atoms with Gasteiger partial charge in [0.15, 0.2) is 5.60 Å². The van der Waals surface area contributed by atoms with Crippen LogP contribution in [0, 0.1) is 6.92 Å². The van der Waals surface area contributed by atoms with E-state index in [-0.39, 0.29) is 6.42 Å². The van der Waals surface area contributed by atoms with E-state index in [1.165, 1.54) is 4.88 Å². The Bertz CT molecular complexity index is 996. The fourth-order valence-corrected chi connectivity index (χ4v) is 4.57. The van der Waals surface area contributed by atoms with E-state index in [0.29, 0.717) is 37.5 Å². The van der Waals surface area contributed by atoms with Crippen molar-refractivity contribution in [1.82, 2.24) is 9.97 Å². The molecule has 4 rings (SSSR count). The number of nitrogens with zero attached hydrogens (tertiary/aromatic N) is 2. The molecule has 1 aromatic carbocycles. The van der Waals surface area contributed by atoms with Crippen molar-refractivity contribution in [1.29, 1.82) is 0 Å². The van der Waals surface area contributed by atoms with Gasteiger partial charge in [-0.3, -0.25) is 4.98 Å². The summed E-state index contributed by atoms with van der Waals surface area (Å²) in [6.45, 7) is 3.07. The molecular weight excluding hydrogens is 400 g/mol. The van der Waals surface area contributed by atoms with Crippen LogP contribution in [0.15, 0.2) is 48.7 Å². The zero-order chi connectivity index (χ0) is 21.0. The average Bonchev–Trinajstić information content (AvgIpc) is 3.38. The summed E-state index contributed by atoms with van der Waals surface area (Å²) < 4.78 is 11.4. The summed E-state index contributed by atoms with van der Waals surface area (Å²) in [6, 6.07) is 13.8. The van der Waals surface area contributed by atoms with Gasteiger partial charge in [0.05, 0.1) is 18.5 Å². The van der Waals surface area contributed by atoms with Crippen LogP contribution in [0.3, 0.4) is 0 Å². The smallest absolute Gasteiger partial charge is 0.336 e. The highest BCUT2D eigenvalue weighted by Crippen LogP contribution is 2.30. The number of thiazole rings is 1. The SMILES string of the molecule is Cc1sc(-c2ccccc2)nc1CCOc1ccc(CC2(C(=O)O)CCCO2)nc1. The quantitative estimate of drug-likeness (QED) is 0.580. The van der Waals surface area contributed by atoms with Gasteiger partial charge in [0.25, 0.3) is 0 Å². The number of carbonyl (C=O) groups is 1. The van der Waals surface area contributed by atoms with E-state index in [1.54, 1.807) is 17.5 Å². The summed E-state index contributed by atoms with van der Waals surface area (Å²) >= 11 is 1.69. The first kappa shape index (κ1) is 20.5. The predicted molar refractivity (Wildman–Crippen MR) is 115 cm³/mol. The summed E-state index contributed by atoms with van der Waals surface area (Å²) in [6.07, 6.45) is 3.90. The number of ether oxygens (including phenoxy) is 2. The molecule has 7 heteroatoms. The third-order valence-corrected chi connectivity index (χ3v) is 6.34. The number of aromatic nitrogens is 2. The summed E-state index contributed by atoms with van der Waals surface area (Å²) in [7, 11) is 0. The van der Waals surface area contributed by atoms with E-state index >= 15 is 0 Å². The molecule has 1 atom stereocenters. The van der Waals surface area contributed by atoms with Crippen molar-refractivity contribution in [2.45, 2.75) is 38.2 Å². The maximum Gasteiger partial charge on any atom is 0.336 e. The number of aryl methyl sites for hydroxylation is 1. The minimum atomic E-state index is -1.14. The normalized spacial score (nSPS) is 18.4. The molecule has 0 spiro atoms. The Balaban J connectivity index is 1.33. The third-order valence-electron chi connectivity index (χ3n) is 5.28. The first-order valence-electron chi connectivity index (χ1n) is 10.0. The fourth-order valence-electron chi connectivity index (χ4n) is 3.60. The van der Waals surface area contributed by atoms with Gasteiger partial charge in [0, 0.05) is 35.6 Å². The zero-order valence-corrected chi connectivity index (χ0v) is 17.7. The summed E-state index contributed by atoms with van der Waals surface area (Å²) in [5.74, 6) is -0.262. The second kappa shape index (κ2) is 8.93. The lowest BCUT2D eigenvalue weighted by Crippen LogP contribution is -2.40. The highest BCUT2D eigenvalue weighted by molar-refractivity contribution is 7.15. The van der Waals surface area contributed by atoms with Gasteiger partial charge in [-0.1, -0.05) is 30.3 Å². The first-order chi connectivity index (χ1) is 14.6. The second-order valence-corrected chi connectivity index (χ2v) is 8.60. The summed E-state index contributed by atoms with van der Waals surface area (Å²) in [5, 5.41) is 10.5. The molecule has 30 heavy (non-hydrogen) atoms. The Kier molecular flexibility index (Phi) is 6.11. The molecule has 0 amide bonds. The molecule has 0 radical (unpaired) electrons. The van der Waals surface area contributed by atoms with Gasteiger partial charge in [-0.05, 0) is 31.9 Å². The van der Waals surface area contributed by atoms with Gasteiger partial charge in [-0.25, -0.2) is 9.78 Å². The Morgan fingerprint density at radius 3 is 2.77 bits per heavy atom. The third kappa shape index (κ3) is 4.52. The molecule has 1 fully saturated rings. The number of carboxylic acid groups (broad SMARTS) is 1. The van der Waals surface area contributed by atoms with Crippen LogP contribution in [0.4, 0.5) is 0 Å². The van der Waals surface area contributed by atoms with Gasteiger partial charge < -0.3 is 14.6 Å². The largest absolute Gasteiger partial charge is 0.492 e. The maximum atomic E-state index is 11.6. The van der Waals surface area contributed by atoms with Gasteiger partial charge in [0.1, 0.15) is 10.8 Å². The number of hydrogen-bond acceptors (Lipinski definition) is 6. The Labute approximate surface area is 179 Å². The van der Waals surface area contributed by atoms with Crippen LogP contribution in [0.25, 0.3) is 10.6 Å². The van der Waals surface area contributed by atoms with Crippen molar-refractivity contribution >= 4 is 17.3 Å². The minimum Gasteiger partial charge on any atom is -0.492 e. The van der Waals surface area contributed by atoms with E-state index < -0.39 is 11.6 Å². The van der Waals surface area contributed by atoms with Crippen molar-refractivity contribution in [3.63, 3.8) is 0 Å². The fraction of sp³-hybridized carbons (Fsp3) is 0.348. The van der Waals surface area contributed by atoms with Crippen LogP contribution in [0.5, 0.6) is 5.75 Å². The van der Waals surface area contributed by atoms with Crippen molar-refractivity contribution in [3.05, 3.63) is 64.9 Å². The van der Waals surface area contributed by atoms with Gasteiger partial charge in [-0.15, -0.1) is 11.3 Å². The van der Waals surface area contributed by atoms with Crippen LogP contribution < -0.4 is 4.74 Å². The van der Waals surface area contributed by atoms with Crippen molar-refractivity contribution in [3.8, 4) is 16.3 Å². The monoisotopic (exact) mass is 424 g/mol. The standard InChI is InChI=1S/C23H24N2O4S/c1-16-20(25-21(30-16)17-6-3-2-4-7-17)10-13-28-19-9-8-18(24-15-19)14-23(22(26)27)11-5-12-29-23/h2-4,6-9,15H,5,10-14H2,1H3,(H,26,27). The van der Waals surface area contributed by atoms with Crippen LogP contribution >= 0.6 is 11.3 Å². The molecule has 6 nitrogen and oxygen atoms in total. The van der Waals surface area contributed by atoms with Crippen LogP contribution in [-0.4, -0.2) is 39.9 Å². The number of pyridine rings is 1. The Morgan fingerprint density at radius 2 is 2.10 bits per heavy atom. The molecule has 1 N–H and O–H groups in total. The lowest BCUT2D eigenvalue weighted by molar-refractivity contribution is -0.160. The Morgan fingerprint density at radius 1 is 1.27 bits per heavy atom. The number of aliphatic carboxylic acids is 1. The second-order valence-electron chi connectivity index (χ2n) is 7.40. The van der Waals surface area contributed by atoms with Gasteiger partial charge >= 0.3 is 5.97 Å². The number of benzene rings is 1. The molecule has 1 aliphatic rings. The molecule has 3 heterocycles. The van der Waals surface area contributed by atoms with E-state index in [0.717, 1.165) is 22.7 Å². The summed E-state index contributed by atoms with van der Waals surface area (Å²) in [5.41, 5.74) is 1.72. The van der Waals surface area contributed by atoms with E-state index in [1.807, 2.05) is 30.3 Å². The Hall–Kier alpha value is -2.77. The minimum absolute atomic E-state index is 0.267. The molecule has 0 bridgehead atoms. The molecule has 0 saturated carbocycles. The molecule has 0 aliphatic carbocycles. The molecule has 1 aliphatic heterocycles. The zero-order valence-electron chi connectivity index (χ0n) is 16.8. The van der Waals surface area contributed by atoms with Crippen molar-refractivity contribution < 1.29 is 19.4 Å². The van der Waals surface area contributed by atoms with Crippen molar-refractivity contribution in [2.24, 2.45) is 0 Å². The maximum absolute atomic E-state index is 11.6.